The second kappa shape index (κ2) is 4.78. The minimum atomic E-state index is -2.34. The number of carbonyl (C=O) groups excluding carboxylic acids is 2. The standard InChI is InChI=1S/C18H16O4/c1-10(2)11-7-8-14(15(19)9-11)18(22)16(20)12-5-3-4-6-13(12)17(18)21/h3-10,19,22H,1-2H3. The molecule has 0 bridgehead atoms. The Morgan fingerprint density at radius 3 is 1.95 bits per heavy atom. The van der Waals surface area contributed by atoms with Gasteiger partial charge in [-0.25, -0.2) is 0 Å². The van der Waals surface area contributed by atoms with Crippen LogP contribution in [0.3, 0.4) is 0 Å². The van der Waals surface area contributed by atoms with E-state index in [-0.39, 0.29) is 28.4 Å². The number of hydrogen-bond donors (Lipinski definition) is 2. The molecule has 22 heavy (non-hydrogen) atoms. The number of ketones is 2. The zero-order valence-electron chi connectivity index (χ0n) is 12.3. The largest absolute Gasteiger partial charge is 0.508 e. The van der Waals surface area contributed by atoms with Crippen molar-refractivity contribution in [1.82, 2.24) is 0 Å². The van der Waals surface area contributed by atoms with Crippen LogP contribution in [0.1, 0.15) is 51.6 Å². The first kappa shape index (κ1) is 14.5. The molecule has 1 aliphatic carbocycles. The second-order valence-corrected chi connectivity index (χ2v) is 5.85. The van der Waals surface area contributed by atoms with Gasteiger partial charge in [0.15, 0.2) is 0 Å². The average Bonchev–Trinajstić information content (AvgIpc) is 2.70. The van der Waals surface area contributed by atoms with Crippen LogP contribution in [-0.4, -0.2) is 21.8 Å². The van der Waals surface area contributed by atoms with Crippen molar-refractivity contribution in [2.75, 3.05) is 0 Å². The van der Waals surface area contributed by atoms with Crippen molar-refractivity contribution in [1.29, 1.82) is 0 Å². The minimum Gasteiger partial charge on any atom is -0.508 e. The number of phenols is 1. The number of hydrogen-bond acceptors (Lipinski definition) is 4. The fraction of sp³-hybridized carbons (Fsp3) is 0.222. The first-order valence-corrected chi connectivity index (χ1v) is 7.11. The molecule has 0 amide bonds. The first-order chi connectivity index (χ1) is 10.4. The van der Waals surface area contributed by atoms with Crippen LogP contribution in [0.4, 0.5) is 0 Å². The Morgan fingerprint density at radius 2 is 1.50 bits per heavy atom. The molecule has 2 aromatic carbocycles. The molecule has 0 saturated heterocycles. The van der Waals surface area contributed by atoms with E-state index >= 15 is 0 Å². The highest BCUT2D eigenvalue weighted by molar-refractivity contribution is 6.32. The van der Waals surface area contributed by atoms with Gasteiger partial charge in [-0.3, -0.25) is 9.59 Å². The summed E-state index contributed by atoms with van der Waals surface area (Å²) in [6.07, 6.45) is 0. The van der Waals surface area contributed by atoms with Gasteiger partial charge in [-0.2, -0.15) is 0 Å². The number of phenolic OH excluding ortho intramolecular Hbond substituents is 1. The summed E-state index contributed by atoms with van der Waals surface area (Å²) in [4.78, 5) is 25.0. The van der Waals surface area contributed by atoms with Gasteiger partial charge in [0.05, 0.1) is 0 Å². The van der Waals surface area contributed by atoms with Crippen molar-refractivity contribution in [3.05, 3.63) is 64.7 Å². The minimum absolute atomic E-state index is 0.0666. The van der Waals surface area contributed by atoms with Crippen LogP contribution in [0.2, 0.25) is 0 Å². The predicted octanol–water partition coefficient (Wildman–Crippen LogP) is 2.78. The number of aliphatic hydroxyl groups is 1. The number of carbonyl (C=O) groups is 2. The maximum atomic E-state index is 12.5. The summed E-state index contributed by atoms with van der Waals surface area (Å²) in [6.45, 7) is 3.93. The highest BCUT2D eigenvalue weighted by Crippen LogP contribution is 2.41. The molecule has 0 fully saturated rings. The van der Waals surface area contributed by atoms with Gasteiger partial charge in [-0.1, -0.05) is 50.2 Å². The van der Waals surface area contributed by atoms with Crippen molar-refractivity contribution in [2.45, 2.75) is 25.4 Å². The molecule has 2 aromatic rings. The van der Waals surface area contributed by atoms with Gasteiger partial charge < -0.3 is 10.2 Å². The Hall–Kier alpha value is -2.46. The van der Waals surface area contributed by atoms with Gasteiger partial charge in [-0.15, -0.1) is 0 Å². The Balaban J connectivity index is 2.17. The van der Waals surface area contributed by atoms with E-state index in [9.17, 15) is 19.8 Å². The van der Waals surface area contributed by atoms with Gasteiger partial charge in [-0.05, 0) is 17.5 Å². The fourth-order valence-corrected chi connectivity index (χ4v) is 2.83. The monoisotopic (exact) mass is 296 g/mol. The van der Waals surface area contributed by atoms with E-state index in [1.165, 1.54) is 24.3 Å². The predicted molar refractivity (Wildman–Crippen MR) is 81.2 cm³/mol. The van der Waals surface area contributed by atoms with Crippen molar-refractivity contribution < 1.29 is 19.8 Å². The molecular formula is C18H16O4. The van der Waals surface area contributed by atoms with E-state index < -0.39 is 17.2 Å². The number of benzene rings is 2. The summed E-state index contributed by atoms with van der Waals surface area (Å²) in [5.41, 5.74) is -1.18. The third-order valence-corrected chi connectivity index (χ3v) is 4.15. The molecule has 1 aliphatic rings. The summed E-state index contributed by atoms with van der Waals surface area (Å²) in [6, 6.07) is 10.9. The van der Waals surface area contributed by atoms with Gasteiger partial charge in [0.25, 0.3) is 0 Å². The zero-order chi connectivity index (χ0) is 16.1. The van der Waals surface area contributed by atoms with Gasteiger partial charge >= 0.3 is 0 Å². The highest BCUT2D eigenvalue weighted by Gasteiger charge is 2.54. The van der Waals surface area contributed by atoms with E-state index in [2.05, 4.69) is 0 Å². The lowest BCUT2D eigenvalue weighted by molar-refractivity contribution is 0.0312. The molecule has 0 saturated carbocycles. The van der Waals surface area contributed by atoms with Crippen LogP contribution in [0.25, 0.3) is 0 Å². The summed E-state index contributed by atoms with van der Waals surface area (Å²) in [5, 5.41) is 21.0. The van der Waals surface area contributed by atoms with Gasteiger partial charge in [0, 0.05) is 16.7 Å². The number of fused-ring (bicyclic) bond motifs is 1. The lowest BCUT2D eigenvalue weighted by Crippen LogP contribution is -2.38. The van der Waals surface area contributed by atoms with Crippen molar-refractivity contribution in [3.8, 4) is 5.75 Å². The van der Waals surface area contributed by atoms with Crippen LogP contribution in [-0.2, 0) is 5.60 Å². The molecule has 4 heteroatoms. The summed E-state index contributed by atoms with van der Waals surface area (Å²) in [7, 11) is 0. The molecule has 0 spiro atoms. The molecular weight excluding hydrogens is 280 g/mol. The lowest BCUT2D eigenvalue weighted by atomic mass is 9.86. The van der Waals surface area contributed by atoms with Crippen LogP contribution in [0.15, 0.2) is 42.5 Å². The Kier molecular flexibility index (Phi) is 3.15. The topological polar surface area (TPSA) is 74.6 Å². The Labute approximate surface area is 128 Å². The van der Waals surface area contributed by atoms with Crippen molar-refractivity contribution >= 4 is 11.6 Å². The maximum absolute atomic E-state index is 12.5. The molecule has 0 radical (unpaired) electrons. The molecule has 0 atom stereocenters. The summed E-state index contributed by atoms with van der Waals surface area (Å²) in [5.74, 6) is -1.45. The van der Waals surface area contributed by atoms with E-state index in [0.29, 0.717) is 0 Å². The molecule has 3 rings (SSSR count). The summed E-state index contributed by atoms with van der Waals surface area (Å²) >= 11 is 0. The molecule has 0 heterocycles. The average molecular weight is 296 g/mol. The maximum Gasteiger partial charge on any atom is 0.220 e. The second-order valence-electron chi connectivity index (χ2n) is 5.85. The highest BCUT2D eigenvalue weighted by atomic mass is 16.3. The van der Waals surface area contributed by atoms with E-state index in [4.69, 9.17) is 0 Å². The van der Waals surface area contributed by atoms with E-state index in [1.54, 1.807) is 18.2 Å². The third-order valence-electron chi connectivity index (χ3n) is 4.15. The third kappa shape index (κ3) is 1.81. The first-order valence-electron chi connectivity index (χ1n) is 7.11. The Morgan fingerprint density at radius 1 is 0.955 bits per heavy atom. The molecule has 2 N–H and O–H groups in total. The molecule has 112 valence electrons. The summed E-state index contributed by atoms with van der Waals surface area (Å²) < 4.78 is 0. The molecule has 0 aromatic heterocycles. The zero-order valence-corrected chi connectivity index (χ0v) is 12.3. The smallest absolute Gasteiger partial charge is 0.220 e. The van der Waals surface area contributed by atoms with Crippen LogP contribution in [0, 0.1) is 0 Å². The van der Waals surface area contributed by atoms with Crippen LogP contribution >= 0.6 is 0 Å². The van der Waals surface area contributed by atoms with Crippen LogP contribution < -0.4 is 0 Å². The quantitative estimate of drug-likeness (QED) is 0.836. The molecule has 4 nitrogen and oxygen atoms in total. The van der Waals surface area contributed by atoms with E-state index in [1.807, 2.05) is 13.8 Å². The Bertz CT molecular complexity index is 754. The lowest BCUT2D eigenvalue weighted by Gasteiger charge is -2.21. The fourth-order valence-electron chi connectivity index (χ4n) is 2.83. The number of aromatic hydroxyl groups is 1. The molecule has 0 unspecified atom stereocenters. The van der Waals surface area contributed by atoms with Crippen molar-refractivity contribution in [2.24, 2.45) is 0 Å². The normalized spacial score (nSPS) is 16.2. The van der Waals surface area contributed by atoms with Crippen LogP contribution in [0.5, 0.6) is 5.75 Å². The SMILES string of the molecule is CC(C)c1ccc(C2(O)C(=O)c3ccccc3C2=O)c(O)c1. The van der Waals surface area contributed by atoms with Gasteiger partial charge in [0.1, 0.15) is 5.75 Å². The molecule has 0 aliphatic heterocycles. The number of rotatable bonds is 2. The van der Waals surface area contributed by atoms with E-state index in [0.717, 1.165) is 5.56 Å². The van der Waals surface area contributed by atoms with Gasteiger partial charge in [0.2, 0.25) is 17.2 Å². The van der Waals surface area contributed by atoms with Crippen molar-refractivity contribution in [3.63, 3.8) is 0 Å². The number of Topliss-reactive ketones (excluding diaryl/α,β-unsaturated/α-hetero) is 2.